The van der Waals surface area contributed by atoms with Crippen molar-refractivity contribution in [2.24, 2.45) is 5.11 Å². The number of rotatable bonds is 6. The molecule has 4 nitrogen and oxygen atoms in total. The molecule has 5 heteroatoms. The maximum Gasteiger partial charge on any atom is 0.119 e. The van der Waals surface area contributed by atoms with Crippen molar-refractivity contribution in [1.82, 2.24) is 0 Å². The zero-order valence-corrected chi connectivity index (χ0v) is 9.02. The molecule has 1 aromatic rings. The van der Waals surface area contributed by atoms with E-state index in [0.29, 0.717) is 18.2 Å². The van der Waals surface area contributed by atoms with Gasteiger partial charge in [-0.05, 0) is 42.6 Å². The van der Waals surface area contributed by atoms with Gasteiger partial charge in [-0.15, -0.1) is 0 Å². The topological polar surface area (TPSA) is 58.0 Å². The summed E-state index contributed by atoms with van der Waals surface area (Å²) in [5, 5.41) is 4.14. The van der Waals surface area contributed by atoms with Crippen LogP contribution in [0.25, 0.3) is 10.4 Å². The first kappa shape index (κ1) is 11.7. The van der Waals surface area contributed by atoms with Gasteiger partial charge in [0.05, 0.1) is 6.61 Å². The molecule has 80 valence electrons. The largest absolute Gasteiger partial charge is 0.494 e. The van der Waals surface area contributed by atoms with Crippen LogP contribution >= 0.6 is 11.6 Å². The van der Waals surface area contributed by atoms with Crippen LogP contribution in [0.5, 0.6) is 5.75 Å². The van der Waals surface area contributed by atoms with Crippen molar-refractivity contribution in [2.45, 2.75) is 12.8 Å². The first-order valence-corrected chi connectivity index (χ1v) is 5.10. The standard InChI is InChI=1S/C10H12ClN3O/c11-9-3-5-10(6-4-9)15-8-2-1-7-13-14-12/h3-6H,1-2,7-8H2. The third kappa shape index (κ3) is 5.15. The van der Waals surface area contributed by atoms with Crippen molar-refractivity contribution in [3.8, 4) is 5.75 Å². The van der Waals surface area contributed by atoms with E-state index in [-0.39, 0.29) is 0 Å². The highest BCUT2D eigenvalue weighted by Gasteiger charge is 1.93. The number of unbranched alkanes of at least 4 members (excludes halogenated alkanes) is 1. The van der Waals surface area contributed by atoms with Crippen molar-refractivity contribution in [3.63, 3.8) is 0 Å². The van der Waals surface area contributed by atoms with E-state index < -0.39 is 0 Å². The van der Waals surface area contributed by atoms with Crippen LogP contribution < -0.4 is 4.74 Å². The second-order valence-electron chi connectivity index (χ2n) is 2.96. The lowest BCUT2D eigenvalue weighted by Crippen LogP contribution is -1.97. The number of hydrogen-bond acceptors (Lipinski definition) is 2. The minimum Gasteiger partial charge on any atom is -0.494 e. The van der Waals surface area contributed by atoms with Gasteiger partial charge >= 0.3 is 0 Å². The molecule has 0 N–H and O–H groups in total. The van der Waals surface area contributed by atoms with E-state index in [1.807, 2.05) is 12.1 Å². The first-order valence-electron chi connectivity index (χ1n) is 4.72. The third-order valence-corrected chi connectivity index (χ3v) is 2.05. The Morgan fingerprint density at radius 3 is 2.67 bits per heavy atom. The molecule has 0 heterocycles. The summed E-state index contributed by atoms with van der Waals surface area (Å²) < 4.78 is 5.45. The number of halogens is 1. The Labute approximate surface area is 93.4 Å². The van der Waals surface area contributed by atoms with Crippen LogP contribution in [0.3, 0.4) is 0 Å². The Balaban J connectivity index is 2.15. The molecule has 15 heavy (non-hydrogen) atoms. The van der Waals surface area contributed by atoms with E-state index in [9.17, 15) is 0 Å². The molecule has 0 aliphatic rings. The summed E-state index contributed by atoms with van der Waals surface area (Å²) in [6, 6.07) is 7.24. The fourth-order valence-corrected chi connectivity index (χ4v) is 1.18. The molecule has 0 atom stereocenters. The summed E-state index contributed by atoms with van der Waals surface area (Å²) in [7, 11) is 0. The van der Waals surface area contributed by atoms with Gasteiger partial charge in [0.1, 0.15) is 5.75 Å². The summed E-state index contributed by atoms with van der Waals surface area (Å²) in [4.78, 5) is 2.67. The molecule has 1 aromatic carbocycles. The van der Waals surface area contributed by atoms with E-state index in [0.717, 1.165) is 18.6 Å². The number of ether oxygens (including phenoxy) is 1. The van der Waals surface area contributed by atoms with E-state index in [1.54, 1.807) is 12.1 Å². The molecule has 1 rings (SSSR count). The van der Waals surface area contributed by atoms with E-state index >= 15 is 0 Å². The van der Waals surface area contributed by atoms with Gasteiger partial charge in [0.2, 0.25) is 0 Å². The predicted octanol–water partition coefficient (Wildman–Crippen LogP) is 3.81. The van der Waals surface area contributed by atoms with Gasteiger partial charge in [0.25, 0.3) is 0 Å². The van der Waals surface area contributed by atoms with Gasteiger partial charge < -0.3 is 4.74 Å². The van der Waals surface area contributed by atoms with Crippen LogP contribution in [0.1, 0.15) is 12.8 Å². The van der Waals surface area contributed by atoms with Crippen LogP contribution in [-0.4, -0.2) is 13.2 Å². The highest BCUT2D eigenvalue weighted by molar-refractivity contribution is 6.30. The van der Waals surface area contributed by atoms with Gasteiger partial charge in [-0.1, -0.05) is 16.7 Å². The van der Waals surface area contributed by atoms with Crippen LogP contribution in [-0.2, 0) is 0 Å². The number of hydrogen-bond donors (Lipinski definition) is 0. The number of azide groups is 1. The summed E-state index contributed by atoms with van der Waals surface area (Å²) in [5.74, 6) is 0.809. The molecular weight excluding hydrogens is 214 g/mol. The maximum atomic E-state index is 8.04. The van der Waals surface area contributed by atoms with E-state index in [4.69, 9.17) is 21.9 Å². The van der Waals surface area contributed by atoms with Crippen molar-refractivity contribution in [3.05, 3.63) is 39.7 Å². The summed E-state index contributed by atoms with van der Waals surface area (Å²) in [6.45, 7) is 1.16. The second-order valence-corrected chi connectivity index (χ2v) is 3.40. The number of benzene rings is 1. The van der Waals surface area contributed by atoms with Crippen LogP contribution in [0, 0.1) is 0 Å². The Hall–Kier alpha value is -1.38. The average Bonchev–Trinajstić information content (AvgIpc) is 2.26. The Morgan fingerprint density at radius 1 is 1.27 bits per heavy atom. The molecule has 0 amide bonds. The zero-order chi connectivity index (χ0) is 10.9. The normalized spacial score (nSPS) is 9.40. The highest BCUT2D eigenvalue weighted by atomic mass is 35.5. The van der Waals surface area contributed by atoms with Gasteiger partial charge in [-0.3, -0.25) is 0 Å². The van der Waals surface area contributed by atoms with Gasteiger partial charge in [0, 0.05) is 16.5 Å². The average molecular weight is 226 g/mol. The molecule has 0 saturated carbocycles. The highest BCUT2D eigenvalue weighted by Crippen LogP contribution is 2.15. The maximum absolute atomic E-state index is 8.04. The smallest absolute Gasteiger partial charge is 0.119 e. The zero-order valence-electron chi connectivity index (χ0n) is 8.27. The molecular formula is C10H12ClN3O. The van der Waals surface area contributed by atoms with Gasteiger partial charge in [-0.2, -0.15) is 0 Å². The van der Waals surface area contributed by atoms with Gasteiger partial charge in [0.15, 0.2) is 0 Å². The van der Waals surface area contributed by atoms with Crippen molar-refractivity contribution in [1.29, 1.82) is 0 Å². The SMILES string of the molecule is [N-]=[N+]=NCCCCOc1ccc(Cl)cc1. The third-order valence-electron chi connectivity index (χ3n) is 1.80. The lowest BCUT2D eigenvalue weighted by Gasteiger charge is -2.04. The van der Waals surface area contributed by atoms with Crippen molar-refractivity contribution in [2.75, 3.05) is 13.2 Å². The summed E-state index contributed by atoms with van der Waals surface area (Å²) >= 11 is 5.73. The fourth-order valence-electron chi connectivity index (χ4n) is 1.05. The minimum atomic E-state index is 0.528. The molecule has 0 fully saturated rings. The first-order chi connectivity index (χ1) is 7.33. The lowest BCUT2D eigenvalue weighted by molar-refractivity contribution is 0.308. The molecule has 0 aromatic heterocycles. The van der Waals surface area contributed by atoms with Crippen LogP contribution in [0.2, 0.25) is 5.02 Å². The van der Waals surface area contributed by atoms with Crippen LogP contribution in [0.4, 0.5) is 0 Å². The van der Waals surface area contributed by atoms with E-state index in [2.05, 4.69) is 10.0 Å². The fraction of sp³-hybridized carbons (Fsp3) is 0.400. The Kier molecular flexibility index (Phi) is 5.44. The Bertz CT molecular complexity index is 333. The van der Waals surface area contributed by atoms with Crippen LogP contribution in [0.15, 0.2) is 29.4 Å². The molecule has 0 aliphatic heterocycles. The second kappa shape index (κ2) is 6.98. The molecule has 0 bridgehead atoms. The molecule has 0 radical (unpaired) electrons. The number of nitrogens with zero attached hydrogens (tertiary/aromatic N) is 3. The summed E-state index contributed by atoms with van der Waals surface area (Å²) in [6.07, 6.45) is 1.72. The molecule has 0 spiro atoms. The summed E-state index contributed by atoms with van der Waals surface area (Å²) in [5.41, 5.74) is 8.04. The monoisotopic (exact) mass is 225 g/mol. The lowest BCUT2D eigenvalue weighted by atomic mass is 10.3. The Morgan fingerprint density at radius 2 is 2.00 bits per heavy atom. The van der Waals surface area contributed by atoms with E-state index in [1.165, 1.54) is 0 Å². The molecule has 0 unspecified atom stereocenters. The van der Waals surface area contributed by atoms with Crippen molar-refractivity contribution < 1.29 is 4.74 Å². The minimum absolute atomic E-state index is 0.528. The molecule has 0 aliphatic carbocycles. The molecule has 0 saturated heterocycles. The van der Waals surface area contributed by atoms with Crippen molar-refractivity contribution >= 4 is 11.6 Å². The van der Waals surface area contributed by atoms with Gasteiger partial charge in [-0.25, -0.2) is 0 Å². The predicted molar refractivity (Wildman–Crippen MR) is 60.2 cm³/mol. The quantitative estimate of drug-likeness (QED) is 0.314.